The second-order valence-electron chi connectivity index (χ2n) is 6.77. The van der Waals surface area contributed by atoms with Gasteiger partial charge in [0.25, 0.3) is 0 Å². The van der Waals surface area contributed by atoms with Crippen molar-refractivity contribution in [3.8, 4) is 5.75 Å². The third-order valence-corrected chi connectivity index (χ3v) is 4.81. The van der Waals surface area contributed by atoms with Crippen LogP contribution in [-0.4, -0.2) is 35.2 Å². The first kappa shape index (κ1) is 17.9. The van der Waals surface area contributed by atoms with Gasteiger partial charge in [0, 0.05) is 18.7 Å². The number of hydrogen-bond donors (Lipinski definition) is 0. The molecule has 0 bridgehead atoms. The van der Waals surface area contributed by atoms with Crippen LogP contribution < -0.4 is 4.74 Å². The van der Waals surface area contributed by atoms with Gasteiger partial charge in [-0.1, -0.05) is 54.2 Å². The molecule has 2 aromatic rings. The molecule has 0 spiro atoms. The predicted octanol–water partition coefficient (Wildman–Crippen LogP) is 4.36. The Bertz CT molecular complexity index is 719. The molecule has 3 nitrogen and oxygen atoms in total. The zero-order chi connectivity index (χ0) is 17.8. The molecule has 0 aromatic heterocycles. The molecule has 0 saturated carbocycles. The average molecular weight is 356 g/mol. The largest absolute Gasteiger partial charge is 0.489 e. The highest BCUT2D eigenvalue weighted by atomic mass is 32.1. The Morgan fingerprint density at radius 1 is 1.12 bits per heavy atom. The van der Waals surface area contributed by atoms with Gasteiger partial charge in [-0.15, -0.1) is 0 Å². The average Bonchev–Trinajstić information content (AvgIpc) is 2.60. The standard InChI is InChI=1S/C21H25NO2S/c1-15-7-9-18(10-8-15)14-23-20-6-4-5-19(11-20)21(25)22-12-16(2)24-17(3)13-22/h4-11,16-17H,12-14H2,1-3H3/t16-,17-/m0/s1. The van der Waals surface area contributed by atoms with E-state index in [0.717, 1.165) is 35.0 Å². The maximum atomic E-state index is 5.95. The Morgan fingerprint density at radius 2 is 1.80 bits per heavy atom. The van der Waals surface area contributed by atoms with Gasteiger partial charge in [-0.2, -0.15) is 0 Å². The fraction of sp³-hybridized carbons (Fsp3) is 0.381. The summed E-state index contributed by atoms with van der Waals surface area (Å²) in [4.78, 5) is 3.09. The molecule has 1 aliphatic heterocycles. The Hall–Kier alpha value is -1.91. The van der Waals surface area contributed by atoms with Gasteiger partial charge >= 0.3 is 0 Å². The molecular weight excluding hydrogens is 330 g/mol. The summed E-state index contributed by atoms with van der Waals surface area (Å²) in [6.45, 7) is 8.48. The van der Waals surface area contributed by atoms with Crippen molar-refractivity contribution in [3.63, 3.8) is 0 Å². The summed E-state index contributed by atoms with van der Waals surface area (Å²) in [6.07, 6.45) is 0.394. The maximum Gasteiger partial charge on any atom is 0.120 e. The van der Waals surface area contributed by atoms with Crippen molar-refractivity contribution in [2.75, 3.05) is 13.1 Å². The van der Waals surface area contributed by atoms with Crippen LogP contribution in [0.1, 0.15) is 30.5 Å². The first-order valence-electron chi connectivity index (χ1n) is 8.74. The van der Waals surface area contributed by atoms with E-state index >= 15 is 0 Å². The monoisotopic (exact) mass is 355 g/mol. The lowest BCUT2D eigenvalue weighted by atomic mass is 10.1. The third-order valence-electron chi connectivity index (χ3n) is 4.31. The molecule has 0 radical (unpaired) electrons. The predicted molar refractivity (Wildman–Crippen MR) is 105 cm³/mol. The van der Waals surface area contributed by atoms with Crippen LogP contribution in [-0.2, 0) is 11.3 Å². The summed E-state index contributed by atoms with van der Waals surface area (Å²) in [5.41, 5.74) is 3.44. The second kappa shape index (κ2) is 7.98. The van der Waals surface area contributed by atoms with Crippen molar-refractivity contribution < 1.29 is 9.47 Å². The number of rotatable bonds is 4. The zero-order valence-electron chi connectivity index (χ0n) is 15.1. The molecule has 132 valence electrons. The van der Waals surface area contributed by atoms with Gasteiger partial charge in [0.15, 0.2) is 0 Å². The normalized spacial score (nSPS) is 20.4. The molecule has 0 amide bonds. The maximum absolute atomic E-state index is 5.95. The van der Waals surface area contributed by atoms with Crippen molar-refractivity contribution in [2.45, 2.75) is 39.6 Å². The van der Waals surface area contributed by atoms with Crippen molar-refractivity contribution in [1.82, 2.24) is 4.90 Å². The molecule has 3 rings (SSSR count). The number of ether oxygens (including phenoxy) is 2. The van der Waals surface area contributed by atoms with Crippen molar-refractivity contribution in [2.24, 2.45) is 0 Å². The molecule has 0 unspecified atom stereocenters. The van der Waals surface area contributed by atoms with Crippen molar-refractivity contribution in [3.05, 3.63) is 65.2 Å². The number of aryl methyl sites for hydroxylation is 1. The molecule has 1 aliphatic rings. The van der Waals surface area contributed by atoms with E-state index in [1.165, 1.54) is 5.56 Å². The van der Waals surface area contributed by atoms with Crippen molar-refractivity contribution >= 4 is 17.2 Å². The van der Waals surface area contributed by atoms with Crippen LogP contribution >= 0.6 is 12.2 Å². The molecule has 1 heterocycles. The summed E-state index contributed by atoms with van der Waals surface area (Å²) in [6, 6.07) is 16.5. The van der Waals surface area contributed by atoms with Crippen LogP contribution in [0, 0.1) is 6.92 Å². The molecule has 0 N–H and O–H groups in total. The minimum absolute atomic E-state index is 0.197. The highest BCUT2D eigenvalue weighted by Gasteiger charge is 2.24. The first-order chi connectivity index (χ1) is 12.0. The highest BCUT2D eigenvalue weighted by Crippen LogP contribution is 2.20. The number of benzene rings is 2. The van der Waals surface area contributed by atoms with E-state index in [2.05, 4.69) is 49.9 Å². The lowest BCUT2D eigenvalue weighted by molar-refractivity contribution is -0.0472. The first-order valence-corrected chi connectivity index (χ1v) is 9.15. The SMILES string of the molecule is Cc1ccc(COc2cccc(C(=S)N3C[C@H](C)O[C@@H](C)C3)c2)cc1. The fourth-order valence-corrected chi connectivity index (χ4v) is 3.37. The van der Waals surface area contributed by atoms with Gasteiger partial charge in [0.05, 0.1) is 12.2 Å². The van der Waals surface area contributed by atoms with Gasteiger partial charge in [0.2, 0.25) is 0 Å². The lowest BCUT2D eigenvalue weighted by Gasteiger charge is -2.37. The third kappa shape index (κ3) is 4.80. The summed E-state index contributed by atoms with van der Waals surface area (Å²) >= 11 is 5.71. The number of hydrogen-bond acceptors (Lipinski definition) is 3. The van der Waals surface area contributed by atoms with E-state index in [0.29, 0.717) is 6.61 Å². The van der Waals surface area contributed by atoms with E-state index in [1.54, 1.807) is 0 Å². The fourth-order valence-electron chi connectivity index (χ4n) is 3.10. The van der Waals surface area contributed by atoms with Crippen LogP contribution in [0.2, 0.25) is 0 Å². The van der Waals surface area contributed by atoms with Crippen LogP contribution in [0.4, 0.5) is 0 Å². The van der Waals surface area contributed by atoms with E-state index in [-0.39, 0.29) is 12.2 Å². The Labute approximate surface area is 155 Å². The van der Waals surface area contributed by atoms with Crippen LogP contribution in [0.15, 0.2) is 48.5 Å². The van der Waals surface area contributed by atoms with Gasteiger partial charge in [0.1, 0.15) is 17.3 Å². The molecule has 0 aliphatic carbocycles. The second-order valence-corrected chi connectivity index (χ2v) is 7.16. The molecule has 1 fully saturated rings. The van der Waals surface area contributed by atoms with E-state index in [4.69, 9.17) is 21.7 Å². The van der Waals surface area contributed by atoms with Gasteiger partial charge in [-0.05, 0) is 38.5 Å². The Morgan fingerprint density at radius 3 is 2.48 bits per heavy atom. The minimum Gasteiger partial charge on any atom is -0.489 e. The van der Waals surface area contributed by atoms with Crippen molar-refractivity contribution in [1.29, 1.82) is 0 Å². The van der Waals surface area contributed by atoms with Crippen LogP contribution in [0.3, 0.4) is 0 Å². The van der Waals surface area contributed by atoms with E-state index in [1.807, 2.05) is 24.3 Å². The molecular formula is C21H25NO2S. The Balaban J connectivity index is 1.66. The number of morpholine rings is 1. The highest BCUT2D eigenvalue weighted by molar-refractivity contribution is 7.80. The molecule has 2 aromatic carbocycles. The minimum atomic E-state index is 0.197. The summed E-state index contributed by atoms with van der Waals surface area (Å²) < 4.78 is 11.7. The zero-order valence-corrected chi connectivity index (χ0v) is 15.9. The van der Waals surface area contributed by atoms with Crippen LogP contribution in [0.25, 0.3) is 0 Å². The summed E-state index contributed by atoms with van der Waals surface area (Å²) in [5.74, 6) is 0.842. The number of nitrogens with zero attached hydrogens (tertiary/aromatic N) is 1. The van der Waals surface area contributed by atoms with E-state index in [9.17, 15) is 0 Å². The lowest BCUT2D eigenvalue weighted by Crippen LogP contribution is -2.47. The molecule has 4 heteroatoms. The van der Waals surface area contributed by atoms with Gasteiger partial charge in [-0.25, -0.2) is 0 Å². The quantitative estimate of drug-likeness (QED) is 0.760. The summed E-state index contributed by atoms with van der Waals surface area (Å²) in [5, 5.41) is 0. The number of thiocarbonyl (C=S) groups is 1. The van der Waals surface area contributed by atoms with Gasteiger partial charge in [-0.3, -0.25) is 0 Å². The molecule has 2 atom stereocenters. The van der Waals surface area contributed by atoms with Crippen LogP contribution in [0.5, 0.6) is 5.75 Å². The summed E-state index contributed by atoms with van der Waals surface area (Å²) in [7, 11) is 0. The molecule has 1 saturated heterocycles. The molecule has 25 heavy (non-hydrogen) atoms. The van der Waals surface area contributed by atoms with E-state index < -0.39 is 0 Å². The Kier molecular flexibility index (Phi) is 5.71. The topological polar surface area (TPSA) is 21.7 Å². The smallest absolute Gasteiger partial charge is 0.120 e. The van der Waals surface area contributed by atoms with Gasteiger partial charge < -0.3 is 14.4 Å².